The Morgan fingerprint density at radius 1 is 1.35 bits per heavy atom. The Bertz CT molecular complexity index is 403. The van der Waals surface area contributed by atoms with E-state index < -0.39 is 17.9 Å². The molecule has 17 heavy (non-hydrogen) atoms. The minimum Gasteiger partial charge on any atom is -0.497 e. The van der Waals surface area contributed by atoms with Crippen LogP contribution in [-0.4, -0.2) is 25.0 Å². The summed E-state index contributed by atoms with van der Waals surface area (Å²) in [6, 6.07) is 5.82. The van der Waals surface area contributed by atoms with Gasteiger partial charge in [-0.25, -0.2) is 0 Å². The van der Waals surface area contributed by atoms with Crippen LogP contribution in [0.15, 0.2) is 24.3 Å². The van der Waals surface area contributed by atoms with Crippen molar-refractivity contribution >= 4 is 17.5 Å². The van der Waals surface area contributed by atoms with E-state index in [0.717, 1.165) is 0 Å². The highest BCUT2D eigenvalue weighted by atomic mass is 16.5. The first-order valence-electron chi connectivity index (χ1n) is 5.01. The van der Waals surface area contributed by atoms with Gasteiger partial charge in [-0.15, -0.1) is 0 Å². The third-order valence-electron chi connectivity index (χ3n) is 2.12. The Morgan fingerprint density at radius 2 is 1.94 bits per heavy atom. The third-order valence-corrected chi connectivity index (χ3v) is 2.12. The lowest BCUT2D eigenvalue weighted by molar-refractivity contribution is -0.123. The van der Waals surface area contributed by atoms with Gasteiger partial charge in [0.25, 0.3) is 0 Å². The van der Waals surface area contributed by atoms with Crippen LogP contribution in [-0.2, 0) is 9.59 Å². The second kappa shape index (κ2) is 5.86. The largest absolute Gasteiger partial charge is 0.497 e. The summed E-state index contributed by atoms with van der Waals surface area (Å²) in [4.78, 5) is 22.1. The summed E-state index contributed by atoms with van der Waals surface area (Å²) >= 11 is 0. The molecule has 0 radical (unpaired) electrons. The minimum absolute atomic E-state index is 0.179. The van der Waals surface area contributed by atoms with Crippen LogP contribution in [0.4, 0.5) is 5.69 Å². The monoisotopic (exact) mass is 237 g/mol. The highest BCUT2D eigenvalue weighted by Gasteiger charge is 2.15. The van der Waals surface area contributed by atoms with Crippen LogP contribution in [0.5, 0.6) is 5.75 Å². The molecule has 6 nitrogen and oxygen atoms in total. The summed E-state index contributed by atoms with van der Waals surface area (Å²) in [6.07, 6.45) is -0.179. The number of amides is 2. The number of anilines is 1. The topological polar surface area (TPSA) is 107 Å². The third kappa shape index (κ3) is 4.12. The fourth-order valence-electron chi connectivity index (χ4n) is 1.22. The maximum atomic E-state index is 11.5. The van der Waals surface area contributed by atoms with Crippen LogP contribution >= 0.6 is 0 Å². The van der Waals surface area contributed by atoms with Crippen molar-refractivity contribution < 1.29 is 14.3 Å². The van der Waals surface area contributed by atoms with Crippen molar-refractivity contribution in [3.8, 4) is 5.75 Å². The molecule has 1 atom stereocenters. The van der Waals surface area contributed by atoms with Crippen molar-refractivity contribution in [2.45, 2.75) is 12.5 Å². The average Bonchev–Trinajstić information content (AvgIpc) is 2.29. The SMILES string of the molecule is COc1ccc(NC(=O)[C@@H](N)CC(N)=O)cc1. The lowest BCUT2D eigenvalue weighted by Crippen LogP contribution is -2.38. The van der Waals surface area contributed by atoms with Gasteiger partial charge in [0.15, 0.2) is 0 Å². The van der Waals surface area contributed by atoms with E-state index in [0.29, 0.717) is 11.4 Å². The number of hydrogen-bond acceptors (Lipinski definition) is 4. The van der Waals surface area contributed by atoms with Crippen molar-refractivity contribution in [2.75, 3.05) is 12.4 Å². The molecule has 0 spiro atoms. The molecular formula is C11H15N3O3. The van der Waals surface area contributed by atoms with Gasteiger partial charge in [-0.2, -0.15) is 0 Å². The zero-order valence-corrected chi connectivity index (χ0v) is 9.47. The van der Waals surface area contributed by atoms with E-state index in [2.05, 4.69) is 5.32 Å². The Balaban J connectivity index is 2.58. The van der Waals surface area contributed by atoms with Crippen LogP contribution in [0.2, 0.25) is 0 Å². The van der Waals surface area contributed by atoms with Crippen molar-refractivity contribution in [1.29, 1.82) is 0 Å². The van der Waals surface area contributed by atoms with Crippen LogP contribution in [0, 0.1) is 0 Å². The molecule has 0 aromatic heterocycles. The highest BCUT2D eigenvalue weighted by molar-refractivity contribution is 5.97. The second-order valence-electron chi connectivity index (χ2n) is 3.49. The molecule has 0 saturated heterocycles. The number of benzene rings is 1. The predicted molar refractivity (Wildman–Crippen MR) is 63.4 cm³/mol. The molecule has 1 aromatic carbocycles. The number of ether oxygens (including phenoxy) is 1. The Labute approximate surface area is 98.9 Å². The number of hydrogen-bond donors (Lipinski definition) is 3. The molecule has 2 amide bonds. The molecule has 0 unspecified atom stereocenters. The zero-order chi connectivity index (χ0) is 12.8. The zero-order valence-electron chi connectivity index (χ0n) is 9.47. The summed E-state index contributed by atoms with van der Waals surface area (Å²) in [5, 5.41) is 2.57. The maximum Gasteiger partial charge on any atom is 0.241 e. The molecule has 1 rings (SSSR count). The van der Waals surface area contributed by atoms with Gasteiger partial charge in [0, 0.05) is 5.69 Å². The average molecular weight is 237 g/mol. The number of nitrogens with one attached hydrogen (secondary N) is 1. The molecule has 0 heterocycles. The molecule has 0 fully saturated rings. The van der Waals surface area contributed by atoms with Gasteiger partial charge in [-0.3, -0.25) is 9.59 Å². The number of carbonyl (C=O) groups excluding carboxylic acids is 2. The van der Waals surface area contributed by atoms with Gasteiger partial charge in [0.05, 0.1) is 19.6 Å². The maximum absolute atomic E-state index is 11.5. The Morgan fingerprint density at radius 3 is 2.41 bits per heavy atom. The highest BCUT2D eigenvalue weighted by Crippen LogP contribution is 2.15. The Hall–Kier alpha value is -2.08. The van der Waals surface area contributed by atoms with Crippen molar-refractivity contribution in [2.24, 2.45) is 11.5 Å². The lowest BCUT2D eigenvalue weighted by Gasteiger charge is -2.10. The van der Waals surface area contributed by atoms with Crippen LogP contribution in [0.25, 0.3) is 0 Å². The van der Waals surface area contributed by atoms with Gasteiger partial charge >= 0.3 is 0 Å². The van der Waals surface area contributed by atoms with E-state index in [9.17, 15) is 9.59 Å². The van der Waals surface area contributed by atoms with E-state index >= 15 is 0 Å². The summed E-state index contributed by atoms with van der Waals surface area (Å²) in [5.41, 5.74) is 11.0. The van der Waals surface area contributed by atoms with Crippen LogP contribution in [0.3, 0.4) is 0 Å². The number of rotatable bonds is 5. The summed E-state index contributed by atoms with van der Waals surface area (Å²) < 4.78 is 4.98. The molecule has 0 aliphatic rings. The van der Waals surface area contributed by atoms with E-state index in [1.165, 1.54) is 0 Å². The van der Waals surface area contributed by atoms with Crippen molar-refractivity contribution in [1.82, 2.24) is 0 Å². The molecule has 1 aromatic rings. The molecule has 92 valence electrons. The van der Waals surface area contributed by atoms with Gasteiger partial charge in [-0.05, 0) is 24.3 Å². The van der Waals surface area contributed by atoms with Crippen LogP contribution < -0.4 is 21.5 Å². The molecular weight excluding hydrogens is 222 g/mol. The molecule has 0 saturated carbocycles. The van der Waals surface area contributed by atoms with E-state index in [1.54, 1.807) is 31.4 Å². The van der Waals surface area contributed by atoms with Gasteiger partial charge < -0.3 is 21.5 Å². The van der Waals surface area contributed by atoms with Crippen molar-refractivity contribution in [3.63, 3.8) is 0 Å². The minimum atomic E-state index is -0.936. The van der Waals surface area contributed by atoms with Gasteiger partial charge in [0.2, 0.25) is 11.8 Å². The van der Waals surface area contributed by atoms with E-state index in [-0.39, 0.29) is 6.42 Å². The Kier molecular flexibility index (Phi) is 4.47. The second-order valence-corrected chi connectivity index (χ2v) is 3.49. The van der Waals surface area contributed by atoms with E-state index in [1.807, 2.05) is 0 Å². The number of carbonyl (C=O) groups is 2. The fourth-order valence-corrected chi connectivity index (χ4v) is 1.22. The van der Waals surface area contributed by atoms with Gasteiger partial charge in [0.1, 0.15) is 5.75 Å². The summed E-state index contributed by atoms with van der Waals surface area (Å²) in [7, 11) is 1.55. The first-order valence-corrected chi connectivity index (χ1v) is 5.01. The predicted octanol–water partition coefficient (Wildman–Crippen LogP) is -0.164. The molecule has 0 aliphatic carbocycles. The number of nitrogens with two attached hydrogens (primary N) is 2. The van der Waals surface area contributed by atoms with E-state index in [4.69, 9.17) is 16.2 Å². The van der Waals surface area contributed by atoms with Gasteiger partial charge in [-0.1, -0.05) is 0 Å². The summed E-state index contributed by atoms with van der Waals surface area (Å²) in [6.45, 7) is 0. The first-order chi connectivity index (χ1) is 8.02. The lowest BCUT2D eigenvalue weighted by atomic mass is 10.2. The number of primary amides is 1. The molecule has 0 bridgehead atoms. The molecule has 0 aliphatic heterocycles. The van der Waals surface area contributed by atoms with Crippen LogP contribution in [0.1, 0.15) is 6.42 Å². The first kappa shape index (κ1) is 13.0. The number of methoxy groups -OCH3 is 1. The normalized spacial score (nSPS) is 11.6. The standard InChI is InChI=1S/C11H15N3O3/c1-17-8-4-2-7(3-5-8)14-11(16)9(12)6-10(13)15/h2-5,9H,6,12H2,1H3,(H2,13,15)(H,14,16)/t9-/m0/s1. The summed E-state index contributed by atoms with van der Waals surface area (Å²) in [5.74, 6) is -0.374. The van der Waals surface area contributed by atoms with Crippen molar-refractivity contribution in [3.05, 3.63) is 24.3 Å². The molecule has 5 N–H and O–H groups in total. The molecule has 6 heteroatoms. The smallest absolute Gasteiger partial charge is 0.241 e. The quantitative estimate of drug-likeness (QED) is 0.661. The fraction of sp³-hybridized carbons (Fsp3) is 0.273.